The van der Waals surface area contributed by atoms with Crippen LogP contribution in [0, 0.1) is 0 Å². The Hall–Kier alpha value is -1.28. The van der Waals surface area contributed by atoms with E-state index in [1.807, 2.05) is 0 Å². The third-order valence-electron chi connectivity index (χ3n) is 3.31. The normalized spacial score (nSPS) is 20.2. The van der Waals surface area contributed by atoms with Gasteiger partial charge in [-0.15, -0.1) is 0 Å². The summed E-state index contributed by atoms with van der Waals surface area (Å²) in [5, 5.41) is 0. The summed E-state index contributed by atoms with van der Waals surface area (Å²) < 4.78 is 5.67. The maximum atomic E-state index is 5.67. The molecule has 1 aliphatic heterocycles. The van der Waals surface area contributed by atoms with Gasteiger partial charge in [0.25, 0.3) is 0 Å². The minimum Gasteiger partial charge on any atom is -0.488 e. The molecule has 0 saturated heterocycles. The van der Waals surface area contributed by atoms with E-state index in [1.54, 1.807) is 0 Å². The molecule has 2 heteroatoms. The van der Waals surface area contributed by atoms with Gasteiger partial charge in [0.15, 0.2) is 0 Å². The Morgan fingerprint density at radius 3 is 3.13 bits per heavy atom. The molecular formula is C13H15NO. The molecule has 2 N–H and O–H groups in total. The van der Waals surface area contributed by atoms with Gasteiger partial charge in [0.05, 0.1) is 0 Å². The Kier molecular flexibility index (Phi) is 2.03. The van der Waals surface area contributed by atoms with Gasteiger partial charge in [-0.05, 0) is 42.0 Å². The molecule has 2 aliphatic rings. The molecule has 15 heavy (non-hydrogen) atoms. The SMILES string of the molecule is NCC=C1COc2ccc3c(c21)CCC3. The first-order valence-corrected chi connectivity index (χ1v) is 5.57. The summed E-state index contributed by atoms with van der Waals surface area (Å²) in [4.78, 5) is 0. The van der Waals surface area contributed by atoms with Crippen molar-refractivity contribution in [1.82, 2.24) is 0 Å². The van der Waals surface area contributed by atoms with Crippen LogP contribution in [-0.2, 0) is 12.8 Å². The topological polar surface area (TPSA) is 35.2 Å². The summed E-state index contributed by atoms with van der Waals surface area (Å²) in [7, 11) is 0. The second kappa shape index (κ2) is 3.38. The van der Waals surface area contributed by atoms with Crippen LogP contribution in [0.1, 0.15) is 23.1 Å². The van der Waals surface area contributed by atoms with Crippen LogP contribution in [-0.4, -0.2) is 13.2 Å². The van der Waals surface area contributed by atoms with Crippen LogP contribution in [0.2, 0.25) is 0 Å². The van der Waals surface area contributed by atoms with E-state index in [-0.39, 0.29) is 0 Å². The molecule has 0 radical (unpaired) electrons. The molecular weight excluding hydrogens is 186 g/mol. The first-order chi connectivity index (χ1) is 7.40. The average molecular weight is 201 g/mol. The Bertz CT molecular complexity index is 434. The number of hydrogen-bond donors (Lipinski definition) is 1. The van der Waals surface area contributed by atoms with E-state index in [9.17, 15) is 0 Å². The maximum Gasteiger partial charge on any atom is 0.127 e. The van der Waals surface area contributed by atoms with Crippen molar-refractivity contribution in [2.24, 2.45) is 5.73 Å². The number of nitrogens with two attached hydrogens (primary N) is 1. The zero-order valence-electron chi connectivity index (χ0n) is 8.75. The van der Waals surface area contributed by atoms with Gasteiger partial charge < -0.3 is 10.5 Å². The standard InChI is InChI=1S/C13H15NO/c14-7-6-10-8-15-12-5-4-9-2-1-3-11(9)13(10)12/h4-6H,1-3,7-8,14H2. The van der Waals surface area contributed by atoms with Gasteiger partial charge in [0.1, 0.15) is 12.4 Å². The number of rotatable bonds is 1. The zero-order chi connectivity index (χ0) is 10.3. The molecule has 3 rings (SSSR count). The molecule has 0 saturated carbocycles. The van der Waals surface area contributed by atoms with E-state index in [1.165, 1.54) is 41.5 Å². The van der Waals surface area contributed by atoms with Crippen molar-refractivity contribution in [3.05, 3.63) is 34.9 Å². The molecule has 0 unspecified atom stereocenters. The van der Waals surface area contributed by atoms with Gasteiger partial charge in [0, 0.05) is 12.1 Å². The van der Waals surface area contributed by atoms with Gasteiger partial charge >= 0.3 is 0 Å². The van der Waals surface area contributed by atoms with Crippen LogP contribution >= 0.6 is 0 Å². The highest BCUT2D eigenvalue weighted by atomic mass is 16.5. The molecule has 1 heterocycles. The highest BCUT2D eigenvalue weighted by Crippen LogP contribution is 2.40. The molecule has 1 aromatic rings. The molecule has 1 aromatic carbocycles. The van der Waals surface area contributed by atoms with Gasteiger partial charge in [-0.25, -0.2) is 0 Å². The summed E-state index contributed by atoms with van der Waals surface area (Å²) in [6.45, 7) is 1.30. The van der Waals surface area contributed by atoms with Crippen molar-refractivity contribution in [2.75, 3.05) is 13.2 Å². The largest absolute Gasteiger partial charge is 0.488 e. The minimum atomic E-state index is 0.599. The summed E-state index contributed by atoms with van der Waals surface area (Å²) >= 11 is 0. The third-order valence-corrected chi connectivity index (χ3v) is 3.31. The van der Waals surface area contributed by atoms with Gasteiger partial charge in [-0.3, -0.25) is 0 Å². The number of benzene rings is 1. The Labute approximate surface area is 89.7 Å². The predicted octanol–water partition coefficient (Wildman–Crippen LogP) is 1.91. The summed E-state index contributed by atoms with van der Waals surface area (Å²) in [6.07, 6.45) is 5.79. The van der Waals surface area contributed by atoms with Gasteiger partial charge in [-0.2, -0.15) is 0 Å². The van der Waals surface area contributed by atoms with Crippen LogP contribution in [0.5, 0.6) is 5.75 Å². The fourth-order valence-electron chi connectivity index (χ4n) is 2.65. The lowest BCUT2D eigenvalue weighted by atomic mass is 9.97. The highest BCUT2D eigenvalue weighted by molar-refractivity contribution is 5.78. The van der Waals surface area contributed by atoms with E-state index in [4.69, 9.17) is 10.5 Å². The van der Waals surface area contributed by atoms with Crippen molar-refractivity contribution in [2.45, 2.75) is 19.3 Å². The van der Waals surface area contributed by atoms with E-state index in [0.717, 1.165) is 5.75 Å². The van der Waals surface area contributed by atoms with E-state index >= 15 is 0 Å². The van der Waals surface area contributed by atoms with Crippen LogP contribution < -0.4 is 10.5 Å². The molecule has 0 amide bonds. The zero-order valence-corrected chi connectivity index (χ0v) is 8.75. The molecule has 2 nitrogen and oxygen atoms in total. The van der Waals surface area contributed by atoms with Gasteiger partial charge in [-0.1, -0.05) is 12.1 Å². The van der Waals surface area contributed by atoms with Crippen LogP contribution in [0.25, 0.3) is 5.57 Å². The van der Waals surface area contributed by atoms with Crippen LogP contribution in [0.4, 0.5) is 0 Å². The molecule has 1 aliphatic carbocycles. The second-order valence-corrected chi connectivity index (χ2v) is 4.18. The predicted molar refractivity (Wildman–Crippen MR) is 61.0 cm³/mol. The second-order valence-electron chi connectivity index (χ2n) is 4.18. The molecule has 0 bridgehead atoms. The molecule has 78 valence electrons. The Morgan fingerprint density at radius 2 is 2.27 bits per heavy atom. The number of aryl methyl sites for hydroxylation is 1. The highest BCUT2D eigenvalue weighted by Gasteiger charge is 2.25. The first-order valence-electron chi connectivity index (χ1n) is 5.57. The molecule has 0 spiro atoms. The third kappa shape index (κ3) is 1.29. The van der Waals surface area contributed by atoms with Crippen molar-refractivity contribution >= 4 is 5.57 Å². The van der Waals surface area contributed by atoms with Crippen LogP contribution in [0.3, 0.4) is 0 Å². The quantitative estimate of drug-likeness (QED) is 0.753. The van der Waals surface area contributed by atoms with E-state index in [2.05, 4.69) is 18.2 Å². The van der Waals surface area contributed by atoms with Crippen molar-refractivity contribution < 1.29 is 4.74 Å². The van der Waals surface area contributed by atoms with Crippen LogP contribution in [0.15, 0.2) is 18.2 Å². The fourth-order valence-corrected chi connectivity index (χ4v) is 2.65. The van der Waals surface area contributed by atoms with Crippen molar-refractivity contribution in [1.29, 1.82) is 0 Å². The van der Waals surface area contributed by atoms with Gasteiger partial charge in [0.2, 0.25) is 0 Å². The smallest absolute Gasteiger partial charge is 0.127 e. The molecule has 0 atom stereocenters. The average Bonchev–Trinajstić information content (AvgIpc) is 2.83. The minimum absolute atomic E-state index is 0.599. The number of fused-ring (bicyclic) bond motifs is 3. The monoisotopic (exact) mass is 201 g/mol. The van der Waals surface area contributed by atoms with Crippen molar-refractivity contribution in [3.8, 4) is 5.75 Å². The molecule has 0 fully saturated rings. The summed E-state index contributed by atoms with van der Waals surface area (Å²) in [6, 6.07) is 4.32. The Morgan fingerprint density at radius 1 is 1.33 bits per heavy atom. The molecule has 0 aromatic heterocycles. The lowest BCUT2D eigenvalue weighted by molar-refractivity contribution is 0.388. The maximum absolute atomic E-state index is 5.67. The lowest BCUT2D eigenvalue weighted by Crippen LogP contribution is -1.97. The first kappa shape index (κ1) is 8.98. The van der Waals surface area contributed by atoms with E-state index < -0.39 is 0 Å². The Balaban J connectivity index is 2.18. The van der Waals surface area contributed by atoms with Crippen molar-refractivity contribution in [3.63, 3.8) is 0 Å². The fraction of sp³-hybridized carbons (Fsp3) is 0.385. The van der Waals surface area contributed by atoms with E-state index in [0.29, 0.717) is 13.2 Å². The lowest BCUT2D eigenvalue weighted by Gasteiger charge is -2.05. The number of hydrogen-bond acceptors (Lipinski definition) is 2. The summed E-state index contributed by atoms with van der Waals surface area (Å²) in [5.74, 6) is 1.05. The number of ether oxygens (including phenoxy) is 1. The summed E-state index contributed by atoms with van der Waals surface area (Å²) in [5.41, 5.74) is 11.2.